The highest BCUT2D eigenvalue weighted by Gasteiger charge is 2.26. The van der Waals surface area contributed by atoms with E-state index in [-0.39, 0.29) is 29.1 Å². The molecule has 1 fully saturated rings. The Labute approximate surface area is 187 Å². The van der Waals surface area contributed by atoms with E-state index in [1.807, 2.05) is 0 Å². The monoisotopic (exact) mass is 483 g/mol. The van der Waals surface area contributed by atoms with Gasteiger partial charge in [-0.1, -0.05) is 12.1 Å². The van der Waals surface area contributed by atoms with Crippen LogP contribution >= 0.6 is 0 Å². The summed E-state index contributed by atoms with van der Waals surface area (Å²) < 4.78 is 60.4. The number of sulfone groups is 1. The summed E-state index contributed by atoms with van der Waals surface area (Å²) >= 11 is 0. The van der Waals surface area contributed by atoms with Crippen LogP contribution in [0.25, 0.3) is 0 Å². The van der Waals surface area contributed by atoms with Gasteiger partial charge in [0.15, 0.2) is 16.6 Å². The fraction of sp³-hybridized carbons (Fsp3) is 0.350. The van der Waals surface area contributed by atoms with Crippen LogP contribution in [0, 0.1) is 18.3 Å². The average molecular weight is 484 g/mol. The lowest BCUT2D eigenvalue weighted by molar-refractivity contribution is -0.139. The van der Waals surface area contributed by atoms with E-state index in [1.54, 1.807) is 13.0 Å². The summed E-state index contributed by atoms with van der Waals surface area (Å²) in [6, 6.07) is 9.67. The van der Waals surface area contributed by atoms with Gasteiger partial charge in [-0.3, -0.25) is 10.2 Å². The maximum atomic E-state index is 12.8. The Morgan fingerprint density at radius 3 is 2.31 bits per heavy atom. The van der Waals surface area contributed by atoms with Gasteiger partial charge in [-0.2, -0.15) is 13.5 Å². The molecule has 1 aliphatic carbocycles. The lowest BCUT2D eigenvalue weighted by Gasteiger charge is -2.22. The van der Waals surface area contributed by atoms with E-state index in [0.717, 1.165) is 24.2 Å². The third-order valence-electron chi connectivity index (χ3n) is 4.53. The lowest BCUT2D eigenvalue weighted by atomic mass is 10.2. The van der Waals surface area contributed by atoms with Gasteiger partial charge in [0.2, 0.25) is 5.96 Å². The fourth-order valence-electron chi connectivity index (χ4n) is 2.77. The topological polar surface area (TPSA) is 149 Å². The molecule has 0 spiro atoms. The van der Waals surface area contributed by atoms with Gasteiger partial charge < -0.3 is 14.7 Å². The largest absolute Gasteiger partial charge is 0.471 e. The third kappa shape index (κ3) is 6.34. The number of rotatable bonds is 10. The molecule has 0 radical (unpaired) electrons. The lowest BCUT2D eigenvalue weighted by Crippen LogP contribution is -2.39. The highest BCUT2D eigenvalue weighted by atomic mass is 32.2. The first-order valence-corrected chi connectivity index (χ1v) is 13.0. The average Bonchev–Trinajstić information content (AvgIpc) is 3.50. The van der Waals surface area contributed by atoms with E-state index in [2.05, 4.69) is 0 Å². The van der Waals surface area contributed by atoms with E-state index in [1.165, 1.54) is 36.4 Å². The Balaban J connectivity index is 1.77. The number of hydroxylamine groups is 2. The Bertz CT molecular complexity index is 1210. The van der Waals surface area contributed by atoms with Crippen molar-refractivity contribution in [2.45, 2.75) is 29.6 Å². The smallest absolute Gasteiger partial charge is 0.340 e. The van der Waals surface area contributed by atoms with E-state index in [4.69, 9.17) is 24.9 Å². The third-order valence-corrected chi connectivity index (χ3v) is 7.12. The molecule has 0 heterocycles. The fourth-order valence-corrected chi connectivity index (χ4v) is 5.29. The Kier molecular flexibility index (Phi) is 6.96. The number of guanidine groups is 1. The maximum Gasteiger partial charge on any atom is 0.340 e. The Hall–Kier alpha value is -2.83. The van der Waals surface area contributed by atoms with Gasteiger partial charge in [-0.15, -0.1) is 0 Å². The van der Waals surface area contributed by atoms with Crippen molar-refractivity contribution in [3.63, 3.8) is 0 Å². The second kappa shape index (κ2) is 9.35. The number of hydrogen-bond acceptors (Lipinski definition) is 8. The highest BCUT2D eigenvalue weighted by molar-refractivity contribution is 7.92. The predicted molar refractivity (Wildman–Crippen MR) is 116 cm³/mol. The van der Waals surface area contributed by atoms with Crippen molar-refractivity contribution in [1.29, 1.82) is 5.41 Å². The predicted octanol–water partition coefficient (Wildman–Crippen LogP) is 2.04. The SMILES string of the molecule is Cc1cc(OCN(OCC2CC2)C(=N)N)cc(OS(=O)(=O)c2ccccc2S(C)(=O)=O)c1. The zero-order valence-corrected chi connectivity index (χ0v) is 19.3. The second-order valence-electron chi connectivity index (χ2n) is 7.51. The van der Waals surface area contributed by atoms with Crippen LogP contribution in [0.3, 0.4) is 0 Å². The van der Waals surface area contributed by atoms with Crippen molar-refractivity contribution in [3.8, 4) is 11.5 Å². The van der Waals surface area contributed by atoms with Crippen LogP contribution in [-0.4, -0.2) is 47.5 Å². The number of nitrogens with one attached hydrogen (secondary N) is 1. The molecule has 3 N–H and O–H groups in total. The summed E-state index contributed by atoms with van der Waals surface area (Å²) in [6.45, 7) is 1.96. The van der Waals surface area contributed by atoms with Crippen LogP contribution in [0.1, 0.15) is 18.4 Å². The van der Waals surface area contributed by atoms with Crippen LogP contribution in [0.4, 0.5) is 0 Å². The molecule has 1 aliphatic rings. The molecule has 1 saturated carbocycles. The molecule has 2 aromatic carbocycles. The van der Waals surface area contributed by atoms with Crippen molar-refractivity contribution in [3.05, 3.63) is 48.0 Å². The molecule has 2 aromatic rings. The summed E-state index contributed by atoms with van der Waals surface area (Å²) in [7, 11) is -8.23. The van der Waals surface area contributed by atoms with Gasteiger partial charge in [0, 0.05) is 12.3 Å². The van der Waals surface area contributed by atoms with Gasteiger partial charge in [0.05, 0.1) is 11.5 Å². The summed E-state index contributed by atoms with van der Waals surface area (Å²) in [4.78, 5) is 4.66. The molecule has 32 heavy (non-hydrogen) atoms. The molecule has 0 aliphatic heterocycles. The number of benzene rings is 2. The van der Waals surface area contributed by atoms with E-state index < -0.39 is 24.9 Å². The number of hydrogen-bond donors (Lipinski definition) is 2. The van der Waals surface area contributed by atoms with E-state index in [9.17, 15) is 16.8 Å². The van der Waals surface area contributed by atoms with Gasteiger partial charge in [-0.05, 0) is 55.5 Å². The minimum absolute atomic E-state index is 0.0587. The molecule has 0 amide bonds. The minimum Gasteiger partial charge on any atom is -0.471 e. The van der Waals surface area contributed by atoms with Crippen molar-refractivity contribution in [1.82, 2.24) is 5.06 Å². The Morgan fingerprint density at radius 2 is 1.72 bits per heavy atom. The van der Waals surface area contributed by atoms with E-state index >= 15 is 0 Å². The summed E-state index contributed by atoms with van der Waals surface area (Å²) in [5.41, 5.74) is 6.15. The minimum atomic E-state index is -4.44. The molecule has 0 unspecified atom stereocenters. The summed E-state index contributed by atoms with van der Waals surface area (Å²) in [5, 5.41) is 8.69. The number of ether oxygens (including phenoxy) is 1. The highest BCUT2D eigenvalue weighted by Crippen LogP contribution is 2.30. The van der Waals surface area contributed by atoms with Gasteiger partial charge >= 0.3 is 10.1 Å². The maximum absolute atomic E-state index is 12.8. The van der Waals surface area contributed by atoms with Gasteiger partial charge in [-0.25, -0.2) is 8.42 Å². The van der Waals surface area contributed by atoms with Crippen LogP contribution in [-0.2, 0) is 24.8 Å². The molecule has 12 heteroatoms. The molecular formula is C20H25N3O7S2. The first-order valence-electron chi connectivity index (χ1n) is 9.68. The van der Waals surface area contributed by atoms with Crippen LogP contribution < -0.4 is 14.7 Å². The van der Waals surface area contributed by atoms with Crippen LogP contribution in [0.2, 0.25) is 0 Å². The molecule has 10 nitrogen and oxygen atoms in total. The normalized spacial score (nSPS) is 14.1. The van der Waals surface area contributed by atoms with Crippen LogP contribution in [0.5, 0.6) is 11.5 Å². The molecule has 174 valence electrons. The van der Waals surface area contributed by atoms with E-state index in [0.29, 0.717) is 18.1 Å². The van der Waals surface area contributed by atoms with Gasteiger partial charge in [0.1, 0.15) is 16.4 Å². The summed E-state index contributed by atoms with van der Waals surface area (Å²) in [5.74, 6) is 0.329. The molecule has 0 saturated heterocycles. The number of aryl methyl sites for hydroxylation is 1. The van der Waals surface area contributed by atoms with Gasteiger partial charge in [0.25, 0.3) is 0 Å². The molecule has 0 atom stereocenters. The van der Waals surface area contributed by atoms with Crippen LogP contribution in [0.15, 0.2) is 52.3 Å². The summed E-state index contributed by atoms with van der Waals surface area (Å²) in [6.07, 6.45) is 3.07. The number of nitrogens with two attached hydrogens (primary N) is 1. The molecule has 0 aromatic heterocycles. The second-order valence-corrected chi connectivity index (χ2v) is 11.0. The standard InChI is InChI=1S/C20H25N3O7S2/c1-14-9-16(28-13-23(20(21)22)29-12-15-7-8-15)11-17(10-14)30-32(26,27)19-6-4-3-5-18(19)31(2,24)25/h3-6,9-11,15H,7-8,12-13H2,1-2H3,(H3,21,22). The number of nitrogens with zero attached hydrogens (tertiary/aromatic N) is 1. The van der Waals surface area contributed by atoms with Crippen molar-refractivity contribution in [2.24, 2.45) is 11.7 Å². The molecule has 0 bridgehead atoms. The first-order chi connectivity index (χ1) is 15.0. The molecule has 3 rings (SSSR count). The zero-order chi connectivity index (χ0) is 23.5. The Morgan fingerprint density at radius 1 is 1.09 bits per heavy atom. The zero-order valence-electron chi connectivity index (χ0n) is 17.6. The first kappa shape index (κ1) is 23.8. The van der Waals surface area contributed by atoms with Crippen molar-refractivity contribution >= 4 is 25.9 Å². The van der Waals surface area contributed by atoms with Crippen molar-refractivity contribution in [2.75, 3.05) is 19.6 Å². The quantitative estimate of drug-likeness (QED) is 0.170. The molecular weight excluding hydrogens is 458 g/mol. The van der Waals surface area contributed by atoms with Crippen molar-refractivity contribution < 1.29 is 30.6 Å².